The van der Waals surface area contributed by atoms with Gasteiger partial charge < -0.3 is 14.2 Å². The molecule has 0 bridgehead atoms. The third kappa shape index (κ3) is 53.5. The summed E-state index contributed by atoms with van der Waals surface area (Å²) >= 11 is 0. The van der Waals surface area contributed by atoms with Crippen LogP contribution in [0.2, 0.25) is 0 Å². The third-order valence-electron chi connectivity index (χ3n) is 12.1. The molecular weight excluding hydrogens is 841 g/mol. The van der Waals surface area contributed by atoms with Gasteiger partial charge in [0.15, 0.2) is 6.10 Å². The highest BCUT2D eigenvalue weighted by Crippen LogP contribution is 2.16. The summed E-state index contributed by atoms with van der Waals surface area (Å²) in [6.07, 6.45) is 73.3. The molecular formula is C62H106O6. The van der Waals surface area contributed by atoms with E-state index in [1.807, 2.05) is 0 Å². The van der Waals surface area contributed by atoms with E-state index < -0.39 is 6.10 Å². The molecule has 1 atom stereocenters. The van der Waals surface area contributed by atoms with Crippen molar-refractivity contribution in [2.24, 2.45) is 0 Å². The molecule has 0 aliphatic carbocycles. The summed E-state index contributed by atoms with van der Waals surface area (Å²) in [6, 6.07) is 0. The minimum absolute atomic E-state index is 0.0793. The largest absolute Gasteiger partial charge is 0.462 e. The molecule has 0 N–H and O–H groups in total. The number of unbranched alkanes of at least 4 members (excludes halogenated alkanes) is 26. The molecule has 0 saturated carbocycles. The lowest BCUT2D eigenvalue weighted by atomic mass is 10.0. The molecule has 0 aromatic heterocycles. The minimum Gasteiger partial charge on any atom is -0.462 e. The zero-order chi connectivity index (χ0) is 49.3. The average molecular weight is 948 g/mol. The molecule has 0 radical (unpaired) electrons. The minimum atomic E-state index is -0.778. The summed E-state index contributed by atoms with van der Waals surface area (Å²) in [5.74, 6) is -0.895. The van der Waals surface area contributed by atoms with Crippen LogP contribution >= 0.6 is 0 Å². The van der Waals surface area contributed by atoms with E-state index in [1.165, 1.54) is 122 Å². The first-order valence-corrected chi connectivity index (χ1v) is 28.6. The van der Waals surface area contributed by atoms with E-state index in [9.17, 15) is 14.4 Å². The fourth-order valence-corrected chi connectivity index (χ4v) is 7.92. The standard InChI is InChI=1S/C62H106O6/c1-4-7-10-13-16-18-20-22-24-26-27-28-29-30-31-32-33-34-35-37-38-40-42-44-46-49-52-55-61(64)67-58-59(57-66-60(63)54-51-48-15-12-9-6-3)68-62(65)56-53-50-47-45-43-41-39-36-25-23-21-19-17-14-11-8-5-2/h7-8,10-11,16-19,22-25,27-28,59H,4-6,9,12-15,20-21,26,29-58H2,1-3H3/b10-7-,11-8-,18-16-,19-17-,24-22-,25-23-,28-27-. The SMILES string of the molecule is CC/C=C\C/C=C\C/C=C\C/C=C\CCCCCCCCCCCCCCCCC(=O)OCC(COC(=O)CCCCCCCC)OC(=O)CCCCCCCCC/C=C\C/C=C\C/C=C\CC. The Morgan fingerprint density at radius 1 is 0.309 bits per heavy atom. The van der Waals surface area contributed by atoms with Crippen LogP contribution < -0.4 is 0 Å². The van der Waals surface area contributed by atoms with Crippen molar-refractivity contribution in [2.75, 3.05) is 13.2 Å². The molecule has 0 fully saturated rings. The monoisotopic (exact) mass is 947 g/mol. The molecule has 0 heterocycles. The van der Waals surface area contributed by atoms with E-state index in [0.29, 0.717) is 19.3 Å². The highest BCUT2D eigenvalue weighted by molar-refractivity contribution is 5.71. The van der Waals surface area contributed by atoms with Gasteiger partial charge >= 0.3 is 17.9 Å². The average Bonchev–Trinajstić information content (AvgIpc) is 3.34. The van der Waals surface area contributed by atoms with Crippen molar-refractivity contribution in [2.45, 2.75) is 277 Å². The third-order valence-corrected chi connectivity index (χ3v) is 12.1. The van der Waals surface area contributed by atoms with Crippen molar-refractivity contribution in [1.82, 2.24) is 0 Å². The lowest BCUT2D eigenvalue weighted by Gasteiger charge is -2.18. The Balaban J connectivity index is 4.10. The maximum atomic E-state index is 12.8. The van der Waals surface area contributed by atoms with Crippen LogP contribution in [0.1, 0.15) is 271 Å². The van der Waals surface area contributed by atoms with Crippen molar-refractivity contribution < 1.29 is 28.6 Å². The second kappa shape index (κ2) is 56.2. The Morgan fingerprint density at radius 3 is 0.897 bits per heavy atom. The molecule has 0 amide bonds. The van der Waals surface area contributed by atoms with Crippen molar-refractivity contribution in [3.8, 4) is 0 Å². The van der Waals surface area contributed by atoms with Crippen LogP contribution in [-0.2, 0) is 28.6 Å². The second-order valence-electron chi connectivity index (χ2n) is 18.8. The Bertz CT molecular complexity index is 1320. The van der Waals surface area contributed by atoms with Gasteiger partial charge in [0.2, 0.25) is 0 Å². The van der Waals surface area contributed by atoms with Gasteiger partial charge in [0, 0.05) is 19.3 Å². The van der Waals surface area contributed by atoms with Crippen LogP contribution in [0.15, 0.2) is 85.1 Å². The molecule has 390 valence electrons. The van der Waals surface area contributed by atoms with Crippen LogP contribution in [0.4, 0.5) is 0 Å². The van der Waals surface area contributed by atoms with E-state index in [-0.39, 0.29) is 31.1 Å². The van der Waals surface area contributed by atoms with Gasteiger partial charge in [0.25, 0.3) is 0 Å². The van der Waals surface area contributed by atoms with E-state index in [1.54, 1.807) is 0 Å². The fraction of sp³-hybridized carbons (Fsp3) is 0.726. The summed E-state index contributed by atoms with van der Waals surface area (Å²) in [5, 5.41) is 0. The van der Waals surface area contributed by atoms with Crippen LogP contribution in [0.5, 0.6) is 0 Å². The Labute approximate surface area is 420 Å². The number of allylic oxidation sites excluding steroid dienone is 14. The van der Waals surface area contributed by atoms with Crippen molar-refractivity contribution in [3.63, 3.8) is 0 Å². The van der Waals surface area contributed by atoms with Gasteiger partial charge in [0.1, 0.15) is 13.2 Å². The highest BCUT2D eigenvalue weighted by Gasteiger charge is 2.19. The Hall–Kier alpha value is -3.41. The second-order valence-corrected chi connectivity index (χ2v) is 18.8. The van der Waals surface area contributed by atoms with Crippen LogP contribution in [0, 0.1) is 0 Å². The van der Waals surface area contributed by atoms with Crippen molar-refractivity contribution in [1.29, 1.82) is 0 Å². The number of rotatable bonds is 51. The van der Waals surface area contributed by atoms with E-state index in [2.05, 4.69) is 106 Å². The maximum Gasteiger partial charge on any atom is 0.306 e. The van der Waals surface area contributed by atoms with Crippen molar-refractivity contribution in [3.05, 3.63) is 85.1 Å². The number of carbonyl (C=O) groups is 3. The molecule has 6 heteroatoms. The summed E-state index contributed by atoms with van der Waals surface area (Å²) in [4.78, 5) is 37.9. The first-order valence-electron chi connectivity index (χ1n) is 28.6. The molecule has 0 saturated heterocycles. The zero-order valence-electron chi connectivity index (χ0n) is 44.6. The summed E-state index contributed by atoms with van der Waals surface area (Å²) in [6.45, 7) is 6.36. The van der Waals surface area contributed by atoms with Crippen LogP contribution in [0.25, 0.3) is 0 Å². The maximum absolute atomic E-state index is 12.8. The van der Waals surface area contributed by atoms with E-state index in [4.69, 9.17) is 14.2 Å². The lowest BCUT2D eigenvalue weighted by molar-refractivity contribution is -0.167. The molecule has 0 spiro atoms. The van der Waals surface area contributed by atoms with E-state index >= 15 is 0 Å². The van der Waals surface area contributed by atoms with Crippen molar-refractivity contribution >= 4 is 17.9 Å². The van der Waals surface area contributed by atoms with Gasteiger partial charge in [-0.1, -0.05) is 247 Å². The number of hydrogen-bond acceptors (Lipinski definition) is 6. The molecule has 0 aromatic carbocycles. The predicted octanol–water partition coefficient (Wildman–Crippen LogP) is 19.2. The molecule has 0 aromatic rings. The first-order chi connectivity index (χ1) is 33.5. The van der Waals surface area contributed by atoms with Gasteiger partial charge in [-0.25, -0.2) is 0 Å². The molecule has 1 unspecified atom stereocenters. The first kappa shape index (κ1) is 64.6. The predicted molar refractivity (Wildman–Crippen MR) is 293 cm³/mol. The van der Waals surface area contributed by atoms with Crippen LogP contribution in [-0.4, -0.2) is 37.2 Å². The van der Waals surface area contributed by atoms with Gasteiger partial charge in [0.05, 0.1) is 0 Å². The number of esters is 3. The molecule has 6 nitrogen and oxygen atoms in total. The molecule has 0 aliphatic heterocycles. The highest BCUT2D eigenvalue weighted by atomic mass is 16.6. The molecule has 68 heavy (non-hydrogen) atoms. The quantitative estimate of drug-likeness (QED) is 0.0262. The number of ether oxygens (including phenoxy) is 3. The molecule has 0 aliphatic rings. The summed E-state index contributed by atoms with van der Waals surface area (Å²) < 4.78 is 16.7. The van der Waals surface area contributed by atoms with E-state index in [0.717, 1.165) is 109 Å². The number of hydrogen-bond donors (Lipinski definition) is 0. The van der Waals surface area contributed by atoms with Gasteiger partial charge in [-0.05, 0) is 89.9 Å². The lowest BCUT2D eigenvalue weighted by Crippen LogP contribution is -2.30. The van der Waals surface area contributed by atoms with Gasteiger partial charge in [-0.3, -0.25) is 14.4 Å². The Kier molecular flexibility index (Phi) is 53.4. The summed E-state index contributed by atoms with van der Waals surface area (Å²) in [7, 11) is 0. The normalized spacial score (nSPS) is 12.7. The smallest absolute Gasteiger partial charge is 0.306 e. The van der Waals surface area contributed by atoms with Gasteiger partial charge in [-0.15, -0.1) is 0 Å². The molecule has 0 rings (SSSR count). The summed E-state index contributed by atoms with van der Waals surface area (Å²) in [5.41, 5.74) is 0. The topological polar surface area (TPSA) is 78.9 Å². The number of carbonyl (C=O) groups excluding carboxylic acids is 3. The zero-order valence-corrected chi connectivity index (χ0v) is 44.6. The fourth-order valence-electron chi connectivity index (χ4n) is 7.92. The Morgan fingerprint density at radius 2 is 0.574 bits per heavy atom. The van der Waals surface area contributed by atoms with Crippen LogP contribution in [0.3, 0.4) is 0 Å². The van der Waals surface area contributed by atoms with Gasteiger partial charge in [-0.2, -0.15) is 0 Å².